The van der Waals surface area contributed by atoms with Gasteiger partial charge in [0, 0.05) is 12.7 Å². The fourth-order valence-corrected chi connectivity index (χ4v) is 1.93. The number of carbonyl (C=O) groups excluding carboxylic acids is 1. The maximum absolute atomic E-state index is 13.5. The molecule has 0 spiro atoms. The Kier molecular flexibility index (Phi) is 3.84. The van der Waals surface area contributed by atoms with Crippen LogP contribution < -0.4 is 5.32 Å². The molecule has 1 aromatic carbocycles. The van der Waals surface area contributed by atoms with E-state index >= 15 is 0 Å². The zero-order valence-electron chi connectivity index (χ0n) is 10.8. The zero-order valence-corrected chi connectivity index (χ0v) is 10.8. The lowest BCUT2D eigenvalue weighted by Gasteiger charge is -2.10. The van der Waals surface area contributed by atoms with Crippen molar-refractivity contribution in [2.24, 2.45) is 0 Å². The van der Waals surface area contributed by atoms with Gasteiger partial charge in [-0.25, -0.2) is 9.18 Å². The third kappa shape index (κ3) is 2.54. The lowest BCUT2D eigenvalue weighted by atomic mass is 10.1. The number of anilines is 1. The molecule has 20 heavy (non-hydrogen) atoms. The highest BCUT2D eigenvalue weighted by molar-refractivity contribution is 6.07. The number of rotatable bonds is 4. The molecule has 0 saturated carbocycles. The summed E-state index contributed by atoms with van der Waals surface area (Å²) >= 11 is 0. The number of nitrogens with zero attached hydrogens (tertiary/aromatic N) is 1. The van der Waals surface area contributed by atoms with Crippen LogP contribution in [0.25, 0.3) is 0 Å². The van der Waals surface area contributed by atoms with Crippen molar-refractivity contribution in [1.29, 1.82) is 0 Å². The van der Waals surface area contributed by atoms with Gasteiger partial charge in [-0.15, -0.1) is 0 Å². The summed E-state index contributed by atoms with van der Waals surface area (Å²) < 4.78 is 15.2. The van der Waals surface area contributed by atoms with Gasteiger partial charge in [0.15, 0.2) is 0 Å². The third-order valence-electron chi connectivity index (χ3n) is 2.88. The van der Waals surface area contributed by atoms with E-state index in [0.29, 0.717) is 12.2 Å². The van der Waals surface area contributed by atoms with E-state index in [9.17, 15) is 14.0 Å². The van der Waals surface area contributed by atoms with Crippen molar-refractivity contribution in [3.05, 3.63) is 53.6 Å². The van der Waals surface area contributed by atoms with Crippen LogP contribution in [0.3, 0.4) is 0 Å². The van der Waals surface area contributed by atoms with Crippen LogP contribution in [0.1, 0.15) is 27.8 Å². The number of hydrogen-bond donors (Lipinski definition) is 2. The monoisotopic (exact) mass is 276 g/mol. The topological polar surface area (TPSA) is 71.3 Å². The average Bonchev–Trinajstić information content (AvgIpc) is 2.86. The van der Waals surface area contributed by atoms with E-state index < -0.39 is 23.3 Å². The molecule has 0 radical (unpaired) electrons. The van der Waals surface area contributed by atoms with Crippen LogP contribution in [0.15, 0.2) is 36.5 Å². The molecular formula is C14H13FN2O3. The predicted molar refractivity (Wildman–Crippen MR) is 71.4 cm³/mol. The number of amides is 1. The average molecular weight is 276 g/mol. The second kappa shape index (κ2) is 5.56. The molecular weight excluding hydrogens is 263 g/mol. The van der Waals surface area contributed by atoms with Crippen molar-refractivity contribution in [2.75, 3.05) is 5.32 Å². The maximum atomic E-state index is 13.5. The highest BCUT2D eigenvalue weighted by atomic mass is 19.1. The van der Waals surface area contributed by atoms with Gasteiger partial charge in [-0.05, 0) is 31.2 Å². The summed E-state index contributed by atoms with van der Waals surface area (Å²) in [5.41, 5.74) is -0.227. The van der Waals surface area contributed by atoms with E-state index in [1.54, 1.807) is 22.9 Å². The molecule has 0 aliphatic rings. The Hall–Kier alpha value is -2.63. The molecule has 0 bridgehead atoms. The molecule has 0 aliphatic heterocycles. The molecule has 1 amide bonds. The van der Waals surface area contributed by atoms with Gasteiger partial charge < -0.3 is 15.0 Å². The van der Waals surface area contributed by atoms with E-state index in [4.69, 9.17) is 5.11 Å². The molecule has 0 fully saturated rings. The van der Waals surface area contributed by atoms with Crippen molar-refractivity contribution in [1.82, 2.24) is 4.57 Å². The number of hydrogen-bond acceptors (Lipinski definition) is 2. The number of carboxylic acid groups (broad SMARTS) is 1. The Balaban J connectivity index is 2.33. The first-order chi connectivity index (χ1) is 9.54. The van der Waals surface area contributed by atoms with Crippen LogP contribution in [0.5, 0.6) is 0 Å². The van der Waals surface area contributed by atoms with Crippen LogP contribution in [0.2, 0.25) is 0 Å². The highest BCUT2D eigenvalue weighted by Gasteiger charge is 2.18. The van der Waals surface area contributed by atoms with Crippen LogP contribution in [-0.2, 0) is 6.54 Å². The number of aryl methyl sites for hydroxylation is 1. The first-order valence-electron chi connectivity index (χ1n) is 6.03. The molecule has 0 saturated heterocycles. The fraction of sp³-hybridized carbons (Fsp3) is 0.143. The number of nitrogens with one attached hydrogen (secondary N) is 1. The molecule has 1 heterocycles. The molecule has 5 nitrogen and oxygen atoms in total. The van der Waals surface area contributed by atoms with Crippen molar-refractivity contribution >= 4 is 17.6 Å². The van der Waals surface area contributed by atoms with Crippen molar-refractivity contribution in [2.45, 2.75) is 13.5 Å². The largest absolute Gasteiger partial charge is 0.478 e. The zero-order chi connectivity index (χ0) is 14.7. The summed E-state index contributed by atoms with van der Waals surface area (Å²) in [6.07, 6.45) is 1.73. The number of halogens is 1. The SMILES string of the molecule is CCn1cccc1C(=O)Nc1cccc(F)c1C(=O)O. The Morgan fingerprint density at radius 2 is 2.05 bits per heavy atom. The van der Waals surface area contributed by atoms with Crippen molar-refractivity contribution in [3.8, 4) is 0 Å². The van der Waals surface area contributed by atoms with E-state index in [2.05, 4.69) is 5.32 Å². The molecule has 104 valence electrons. The molecule has 2 N–H and O–H groups in total. The van der Waals surface area contributed by atoms with Gasteiger partial charge in [0.25, 0.3) is 5.91 Å². The predicted octanol–water partition coefficient (Wildman–Crippen LogP) is 2.60. The smallest absolute Gasteiger partial charge is 0.340 e. The number of aromatic carboxylic acids is 1. The van der Waals surface area contributed by atoms with E-state index in [0.717, 1.165) is 6.07 Å². The van der Waals surface area contributed by atoms with Crippen LogP contribution in [0.4, 0.5) is 10.1 Å². The Morgan fingerprint density at radius 1 is 1.30 bits per heavy atom. The second-order valence-electron chi connectivity index (χ2n) is 4.10. The van der Waals surface area contributed by atoms with Crippen LogP contribution >= 0.6 is 0 Å². The molecule has 6 heteroatoms. The van der Waals surface area contributed by atoms with Gasteiger partial charge in [0.05, 0.1) is 5.69 Å². The summed E-state index contributed by atoms with van der Waals surface area (Å²) in [7, 11) is 0. The molecule has 0 aliphatic carbocycles. The minimum absolute atomic E-state index is 0.0636. The summed E-state index contributed by atoms with van der Waals surface area (Å²) in [5, 5.41) is 11.4. The standard InChI is InChI=1S/C14H13FN2O3/c1-2-17-8-4-7-11(17)13(18)16-10-6-3-5-9(15)12(10)14(19)20/h3-8H,2H2,1H3,(H,16,18)(H,19,20). The van der Waals surface area contributed by atoms with Crippen molar-refractivity contribution < 1.29 is 19.1 Å². The van der Waals surface area contributed by atoms with Gasteiger partial charge in [-0.2, -0.15) is 0 Å². The first kappa shape index (κ1) is 13.8. The summed E-state index contributed by atoms with van der Waals surface area (Å²) in [6, 6.07) is 7.05. The van der Waals surface area contributed by atoms with E-state index in [-0.39, 0.29) is 5.69 Å². The fourth-order valence-electron chi connectivity index (χ4n) is 1.93. The number of carbonyl (C=O) groups is 2. The molecule has 2 rings (SSSR count). The first-order valence-corrected chi connectivity index (χ1v) is 6.03. The summed E-state index contributed by atoms with van der Waals surface area (Å²) in [5.74, 6) is -2.80. The van der Waals surface area contributed by atoms with Gasteiger partial charge >= 0.3 is 5.97 Å². The normalized spacial score (nSPS) is 10.3. The Morgan fingerprint density at radius 3 is 2.70 bits per heavy atom. The third-order valence-corrected chi connectivity index (χ3v) is 2.88. The Labute approximate surface area is 114 Å². The molecule has 0 atom stereocenters. The summed E-state index contributed by atoms with van der Waals surface area (Å²) in [6.45, 7) is 2.48. The van der Waals surface area contributed by atoms with E-state index in [1.165, 1.54) is 12.1 Å². The number of aromatic nitrogens is 1. The summed E-state index contributed by atoms with van der Waals surface area (Å²) in [4.78, 5) is 23.1. The second-order valence-corrected chi connectivity index (χ2v) is 4.10. The minimum Gasteiger partial charge on any atom is -0.478 e. The molecule has 0 unspecified atom stereocenters. The lowest BCUT2D eigenvalue weighted by Crippen LogP contribution is -2.18. The molecule has 1 aromatic heterocycles. The van der Waals surface area contributed by atoms with Crippen LogP contribution in [0, 0.1) is 5.82 Å². The number of benzene rings is 1. The maximum Gasteiger partial charge on any atom is 0.340 e. The number of carboxylic acids is 1. The lowest BCUT2D eigenvalue weighted by molar-refractivity contribution is 0.0693. The van der Waals surface area contributed by atoms with Gasteiger partial charge in [-0.3, -0.25) is 4.79 Å². The van der Waals surface area contributed by atoms with Crippen molar-refractivity contribution in [3.63, 3.8) is 0 Å². The van der Waals surface area contributed by atoms with Gasteiger partial charge in [0.1, 0.15) is 17.1 Å². The van der Waals surface area contributed by atoms with Crippen LogP contribution in [-0.4, -0.2) is 21.6 Å². The quantitative estimate of drug-likeness (QED) is 0.901. The Bertz CT molecular complexity index is 664. The molecule has 2 aromatic rings. The van der Waals surface area contributed by atoms with Gasteiger partial charge in [-0.1, -0.05) is 6.07 Å². The highest BCUT2D eigenvalue weighted by Crippen LogP contribution is 2.20. The van der Waals surface area contributed by atoms with E-state index in [1.807, 2.05) is 6.92 Å². The minimum atomic E-state index is -1.43. The van der Waals surface area contributed by atoms with Gasteiger partial charge in [0.2, 0.25) is 0 Å².